The first-order valence-electron chi connectivity index (χ1n) is 8.27. The maximum atomic E-state index is 12.0. The highest BCUT2D eigenvalue weighted by Gasteiger charge is 2.14. The Labute approximate surface area is 146 Å². The van der Waals surface area contributed by atoms with E-state index < -0.39 is 0 Å². The monoisotopic (exact) mass is 342 g/mol. The maximum absolute atomic E-state index is 12.0. The molecule has 0 unspecified atom stereocenters. The van der Waals surface area contributed by atoms with Crippen molar-refractivity contribution in [3.63, 3.8) is 0 Å². The van der Waals surface area contributed by atoms with Crippen LogP contribution in [0.25, 0.3) is 12.2 Å². The number of nitrogens with zero attached hydrogens (tertiary/aromatic N) is 4. The molecule has 1 fully saturated rings. The molecule has 3 rings (SSSR count). The molecule has 2 aromatic heterocycles. The Morgan fingerprint density at radius 2 is 1.96 bits per heavy atom. The molecule has 3 heterocycles. The van der Waals surface area contributed by atoms with Crippen LogP contribution >= 0.6 is 11.3 Å². The second-order valence-electron chi connectivity index (χ2n) is 6.09. The van der Waals surface area contributed by atoms with Crippen LogP contribution in [0, 0.1) is 0 Å². The van der Waals surface area contributed by atoms with E-state index in [1.165, 1.54) is 12.8 Å². The summed E-state index contributed by atoms with van der Waals surface area (Å²) >= 11 is 1.63. The van der Waals surface area contributed by atoms with Gasteiger partial charge in [-0.1, -0.05) is 11.3 Å². The van der Waals surface area contributed by atoms with Crippen molar-refractivity contribution in [3.05, 3.63) is 41.4 Å². The third kappa shape index (κ3) is 4.00. The van der Waals surface area contributed by atoms with Crippen LogP contribution in [0.15, 0.2) is 30.7 Å². The number of rotatable bonds is 6. The van der Waals surface area contributed by atoms with E-state index in [1.54, 1.807) is 35.8 Å². The summed E-state index contributed by atoms with van der Waals surface area (Å²) in [6, 6.07) is 0.319. The lowest BCUT2D eigenvalue weighted by atomic mass is 10.3. The molecule has 2 aromatic rings. The highest BCUT2D eigenvalue weighted by molar-refractivity contribution is 7.16. The first kappa shape index (κ1) is 16.6. The molecule has 126 valence electrons. The Morgan fingerprint density at radius 1 is 1.21 bits per heavy atom. The van der Waals surface area contributed by atoms with E-state index in [2.05, 4.69) is 28.7 Å². The second kappa shape index (κ2) is 7.57. The summed E-state index contributed by atoms with van der Waals surface area (Å²) in [6.07, 6.45) is 14.7. The SMILES string of the molecule is CC(C)n1ccnc1/C=C/C(=O)/C=C/c1cnc(N2CCCC2)s1. The van der Waals surface area contributed by atoms with Crippen LogP contribution < -0.4 is 4.90 Å². The maximum Gasteiger partial charge on any atom is 0.185 e. The van der Waals surface area contributed by atoms with E-state index in [-0.39, 0.29) is 5.78 Å². The summed E-state index contributed by atoms with van der Waals surface area (Å²) in [4.78, 5) is 24.0. The predicted octanol–water partition coefficient (Wildman–Crippen LogP) is 3.82. The van der Waals surface area contributed by atoms with Crippen molar-refractivity contribution in [2.24, 2.45) is 0 Å². The van der Waals surface area contributed by atoms with Gasteiger partial charge in [0.15, 0.2) is 10.9 Å². The van der Waals surface area contributed by atoms with Gasteiger partial charge in [-0.25, -0.2) is 9.97 Å². The van der Waals surface area contributed by atoms with Gasteiger partial charge < -0.3 is 9.47 Å². The van der Waals surface area contributed by atoms with Crippen LogP contribution in [-0.2, 0) is 4.79 Å². The van der Waals surface area contributed by atoms with Crippen LogP contribution in [0.1, 0.15) is 43.4 Å². The first-order chi connectivity index (χ1) is 11.6. The number of thiazole rings is 1. The van der Waals surface area contributed by atoms with Gasteiger partial charge in [-0.2, -0.15) is 0 Å². The molecule has 0 saturated carbocycles. The van der Waals surface area contributed by atoms with E-state index in [4.69, 9.17) is 0 Å². The molecule has 1 aliphatic rings. The Hall–Kier alpha value is -2.21. The molecule has 0 N–H and O–H groups in total. The molecule has 0 aliphatic carbocycles. The number of ketones is 1. The number of carbonyl (C=O) groups excluding carboxylic acids is 1. The molecule has 24 heavy (non-hydrogen) atoms. The van der Waals surface area contributed by atoms with Crippen LogP contribution in [0.4, 0.5) is 5.13 Å². The fourth-order valence-corrected chi connectivity index (χ4v) is 3.54. The number of imidazole rings is 1. The summed E-state index contributed by atoms with van der Waals surface area (Å²) in [5, 5.41) is 1.05. The lowest BCUT2D eigenvalue weighted by Crippen LogP contribution is -2.16. The molecule has 5 nitrogen and oxygen atoms in total. The van der Waals surface area contributed by atoms with Gasteiger partial charge in [0.2, 0.25) is 0 Å². The Morgan fingerprint density at radius 3 is 2.71 bits per heavy atom. The number of hydrogen-bond acceptors (Lipinski definition) is 5. The summed E-state index contributed by atoms with van der Waals surface area (Å²) < 4.78 is 2.03. The third-order valence-electron chi connectivity index (χ3n) is 3.95. The van der Waals surface area contributed by atoms with Crippen molar-refractivity contribution in [2.45, 2.75) is 32.7 Å². The van der Waals surface area contributed by atoms with E-state index in [0.717, 1.165) is 28.9 Å². The number of allylic oxidation sites excluding steroid dienone is 2. The van der Waals surface area contributed by atoms with Crippen molar-refractivity contribution in [2.75, 3.05) is 18.0 Å². The van der Waals surface area contributed by atoms with Crippen LogP contribution in [-0.4, -0.2) is 33.4 Å². The van der Waals surface area contributed by atoms with Crippen LogP contribution in [0.3, 0.4) is 0 Å². The fourth-order valence-electron chi connectivity index (χ4n) is 2.68. The number of aromatic nitrogens is 3. The smallest absolute Gasteiger partial charge is 0.185 e. The van der Waals surface area contributed by atoms with Gasteiger partial charge >= 0.3 is 0 Å². The van der Waals surface area contributed by atoms with Crippen molar-refractivity contribution >= 4 is 34.4 Å². The number of hydrogen-bond donors (Lipinski definition) is 0. The fraction of sp³-hybridized carbons (Fsp3) is 0.389. The van der Waals surface area contributed by atoms with Gasteiger partial charge in [-0.05, 0) is 51.0 Å². The van der Waals surface area contributed by atoms with Crippen molar-refractivity contribution in [1.29, 1.82) is 0 Å². The zero-order chi connectivity index (χ0) is 16.9. The first-order valence-corrected chi connectivity index (χ1v) is 9.09. The Balaban J connectivity index is 1.61. The highest BCUT2D eigenvalue weighted by atomic mass is 32.1. The molecule has 1 saturated heterocycles. The highest BCUT2D eigenvalue weighted by Crippen LogP contribution is 2.26. The number of carbonyl (C=O) groups is 1. The molecular weight excluding hydrogens is 320 g/mol. The van der Waals surface area contributed by atoms with E-state index in [1.807, 2.05) is 23.0 Å². The molecule has 0 radical (unpaired) electrons. The zero-order valence-electron chi connectivity index (χ0n) is 14.1. The van der Waals surface area contributed by atoms with Gasteiger partial charge in [0.25, 0.3) is 0 Å². The lowest BCUT2D eigenvalue weighted by molar-refractivity contribution is -0.110. The molecule has 0 amide bonds. The average molecular weight is 342 g/mol. The molecule has 0 spiro atoms. The Kier molecular flexibility index (Phi) is 5.25. The van der Waals surface area contributed by atoms with E-state index in [0.29, 0.717) is 6.04 Å². The minimum absolute atomic E-state index is 0.0515. The molecule has 6 heteroatoms. The predicted molar refractivity (Wildman–Crippen MR) is 99.2 cm³/mol. The number of anilines is 1. The van der Waals surface area contributed by atoms with Crippen LogP contribution in [0.5, 0.6) is 0 Å². The van der Waals surface area contributed by atoms with Crippen molar-refractivity contribution in [3.8, 4) is 0 Å². The van der Waals surface area contributed by atoms with Gasteiger partial charge in [0, 0.05) is 42.6 Å². The minimum Gasteiger partial charge on any atom is -0.348 e. The largest absolute Gasteiger partial charge is 0.348 e. The van der Waals surface area contributed by atoms with Gasteiger partial charge in [-0.15, -0.1) is 0 Å². The molecular formula is C18H22N4OS. The topological polar surface area (TPSA) is 51.0 Å². The summed E-state index contributed by atoms with van der Waals surface area (Å²) in [5.74, 6) is 0.741. The van der Waals surface area contributed by atoms with Crippen molar-refractivity contribution < 1.29 is 4.79 Å². The summed E-state index contributed by atoms with van der Waals surface area (Å²) in [6.45, 7) is 6.34. The van der Waals surface area contributed by atoms with Gasteiger partial charge in [-0.3, -0.25) is 4.79 Å². The zero-order valence-corrected chi connectivity index (χ0v) is 14.9. The second-order valence-corrected chi connectivity index (χ2v) is 7.14. The quantitative estimate of drug-likeness (QED) is 0.749. The third-order valence-corrected chi connectivity index (χ3v) is 4.97. The van der Waals surface area contributed by atoms with Gasteiger partial charge in [0.1, 0.15) is 5.82 Å². The van der Waals surface area contributed by atoms with Crippen LogP contribution in [0.2, 0.25) is 0 Å². The molecule has 0 bridgehead atoms. The summed E-state index contributed by atoms with van der Waals surface area (Å²) in [7, 11) is 0. The average Bonchev–Trinajstić information content (AvgIpc) is 3.31. The Bertz CT molecular complexity index is 751. The molecule has 0 atom stereocenters. The van der Waals surface area contributed by atoms with Gasteiger partial charge in [0.05, 0.1) is 0 Å². The van der Waals surface area contributed by atoms with Crippen molar-refractivity contribution in [1.82, 2.24) is 14.5 Å². The normalized spacial score (nSPS) is 15.4. The minimum atomic E-state index is -0.0515. The van der Waals surface area contributed by atoms with E-state index >= 15 is 0 Å². The van der Waals surface area contributed by atoms with E-state index in [9.17, 15) is 4.79 Å². The summed E-state index contributed by atoms with van der Waals surface area (Å²) in [5.41, 5.74) is 0. The molecule has 0 aromatic carbocycles. The molecule has 1 aliphatic heterocycles. The standard InChI is InChI=1S/C18H22N4OS/c1-14(2)22-12-9-19-17(22)8-6-15(23)5-7-16-13-20-18(24-16)21-10-3-4-11-21/h5-9,12-14H,3-4,10-11H2,1-2H3/b7-5+,8-6+. The lowest BCUT2D eigenvalue weighted by Gasteiger charge is -2.11.